The first kappa shape index (κ1) is 26.1. The van der Waals surface area contributed by atoms with E-state index in [9.17, 15) is 29.2 Å². The van der Waals surface area contributed by atoms with Gasteiger partial charge in [0.2, 0.25) is 5.72 Å². The molecule has 0 radical (unpaired) electrons. The highest BCUT2D eigenvalue weighted by Crippen LogP contribution is 2.48. The van der Waals surface area contributed by atoms with E-state index >= 15 is 4.39 Å². The highest BCUT2D eigenvalue weighted by atomic mass is 31.2. The molecule has 0 amide bonds. The number of H-pyrrole nitrogens is 1. The summed E-state index contributed by atoms with van der Waals surface area (Å²) in [7, 11) is -4.58. The molecule has 3 rings (SSSR count). The van der Waals surface area contributed by atoms with E-state index in [1.54, 1.807) is 6.07 Å². The van der Waals surface area contributed by atoms with Crippen LogP contribution in [0.15, 0.2) is 57.3 Å². The number of rotatable bonds is 10. The molecule has 1 unspecified atom stereocenters. The minimum Gasteiger partial charge on any atom is -0.480 e. The number of carboxylic acid groups (broad SMARTS) is 1. The summed E-state index contributed by atoms with van der Waals surface area (Å²) in [5, 5.41) is 24.9. The van der Waals surface area contributed by atoms with Crippen LogP contribution >= 0.6 is 7.75 Å². The number of carbonyl (C=O) groups is 1. The lowest BCUT2D eigenvalue weighted by Gasteiger charge is -2.28. The number of aliphatic hydroxyl groups excluding tert-OH is 1. The lowest BCUT2D eigenvalue weighted by molar-refractivity contribution is -0.138. The van der Waals surface area contributed by atoms with Crippen molar-refractivity contribution >= 4 is 13.7 Å². The van der Waals surface area contributed by atoms with Crippen LogP contribution in [0.4, 0.5) is 4.39 Å². The van der Waals surface area contributed by atoms with Gasteiger partial charge in [-0.25, -0.2) is 13.8 Å². The molecule has 35 heavy (non-hydrogen) atoms. The number of halogens is 1. The zero-order valence-corrected chi connectivity index (χ0v) is 18.8. The quantitative estimate of drug-likeness (QED) is 0.153. The summed E-state index contributed by atoms with van der Waals surface area (Å²) in [6.07, 6.45) is -5.45. The number of hydrogen-bond acceptors (Lipinski definition) is 9. The van der Waals surface area contributed by atoms with Crippen LogP contribution in [0.3, 0.4) is 0 Å². The minimum atomic E-state index is -4.58. The molecule has 188 valence electrons. The van der Waals surface area contributed by atoms with Crippen LogP contribution < -0.4 is 20.9 Å². The number of hydrogen-bond donors (Lipinski definition) is 4. The van der Waals surface area contributed by atoms with E-state index in [1.807, 2.05) is 4.98 Å². The summed E-state index contributed by atoms with van der Waals surface area (Å²) in [6.45, 7) is 0.00957. The van der Waals surface area contributed by atoms with Gasteiger partial charge in [0.05, 0.1) is 6.61 Å². The van der Waals surface area contributed by atoms with Crippen LogP contribution in [0, 0.1) is 0 Å². The van der Waals surface area contributed by atoms with Crippen molar-refractivity contribution in [1.29, 1.82) is 0 Å². The van der Waals surface area contributed by atoms with Gasteiger partial charge in [0, 0.05) is 17.2 Å². The van der Waals surface area contributed by atoms with Crippen LogP contribution in [0.1, 0.15) is 13.2 Å². The number of aromatic amines is 1. The Morgan fingerprint density at radius 1 is 1.43 bits per heavy atom. The number of nitrogens with zero attached hydrogens (tertiary/aromatic N) is 4. The van der Waals surface area contributed by atoms with E-state index in [0.29, 0.717) is 4.57 Å². The number of aliphatic hydroxyl groups is 1. The summed E-state index contributed by atoms with van der Waals surface area (Å²) in [5.41, 5.74) is 4.52. The second kappa shape index (κ2) is 10.4. The molecule has 6 atom stereocenters. The Bertz CT molecular complexity index is 1280. The standard InChI is InChI=1S/C18H20FN6O9P/c1-10(16(28)29)22-35(31,34-11-5-3-2-4-6-11)32-9-18(23-24-20)14(19)13(27)15(33-18)25-8-7-12(26)21-17(25)30/h2-8,10,13-15,27H,9H2,1H3,(H,22,31)(H,28,29)(H,21,26,30)/t10-,13+,14-,15+,18+,35?/m0/s1. The average molecular weight is 514 g/mol. The number of carboxylic acids is 1. The SMILES string of the molecule is C[C@H](NP(=O)(OC[C@@]1(N=[N+]=[N-])O[C@@H](n2ccc(=O)[nH]c2=O)[C@H](O)[C@@H]1F)Oc1ccccc1)C(=O)O. The van der Waals surface area contributed by atoms with Gasteiger partial charge in [0.1, 0.15) is 17.9 Å². The van der Waals surface area contributed by atoms with Crippen LogP contribution in [-0.2, 0) is 18.6 Å². The maximum Gasteiger partial charge on any atom is 0.459 e. The van der Waals surface area contributed by atoms with Crippen LogP contribution in [0.25, 0.3) is 10.4 Å². The predicted octanol–water partition coefficient (Wildman–Crippen LogP) is 1.04. The van der Waals surface area contributed by atoms with Crippen molar-refractivity contribution in [1.82, 2.24) is 14.6 Å². The molecule has 2 heterocycles. The van der Waals surface area contributed by atoms with E-state index in [4.69, 9.17) is 19.3 Å². The number of aliphatic carboxylic acids is 1. The number of azide groups is 1. The third-order valence-corrected chi connectivity index (χ3v) is 6.44. The number of aromatic nitrogens is 2. The average Bonchev–Trinajstić information content (AvgIpc) is 3.04. The van der Waals surface area contributed by atoms with E-state index < -0.39 is 61.8 Å². The molecule has 1 fully saturated rings. The zero-order valence-electron chi connectivity index (χ0n) is 17.9. The summed E-state index contributed by atoms with van der Waals surface area (Å²) in [5.74, 6) is -1.41. The first-order valence-electron chi connectivity index (χ1n) is 9.88. The lowest BCUT2D eigenvalue weighted by Crippen LogP contribution is -2.43. The zero-order chi connectivity index (χ0) is 25.8. The molecule has 1 aliphatic rings. The normalized spacial score (nSPS) is 26.3. The van der Waals surface area contributed by atoms with Crippen molar-refractivity contribution in [2.45, 2.75) is 37.2 Å². The van der Waals surface area contributed by atoms with E-state index in [0.717, 1.165) is 19.2 Å². The second-order valence-corrected chi connectivity index (χ2v) is 9.01. The summed E-state index contributed by atoms with van der Waals surface area (Å²) in [4.78, 5) is 39.0. The number of nitrogens with one attached hydrogen (secondary N) is 2. The van der Waals surface area contributed by atoms with Gasteiger partial charge in [0.15, 0.2) is 12.4 Å². The third kappa shape index (κ3) is 5.77. The maximum absolute atomic E-state index is 15.2. The molecule has 2 aromatic rings. The van der Waals surface area contributed by atoms with Crippen LogP contribution in [0.2, 0.25) is 0 Å². The van der Waals surface area contributed by atoms with Gasteiger partial charge >= 0.3 is 19.4 Å². The largest absolute Gasteiger partial charge is 0.480 e. The van der Waals surface area contributed by atoms with Crippen LogP contribution in [-0.4, -0.2) is 56.4 Å². The highest BCUT2D eigenvalue weighted by Gasteiger charge is 2.57. The monoisotopic (exact) mass is 514 g/mol. The molecular formula is C18H20FN6O9P. The Morgan fingerprint density at radius 3 is 2.71 bits per heavy atom. The first-order chi connectivity index (χ1) is 16.5. The molecule has 0 saturated carbocycles. The molecule has 1 saturated heterocycles. The molecule has 0 spiro atoms. The smallest absolute Gasteiger partial charge is 0.459 e. The van der Waals surface area contributed by atoms with Gasteiger partial charge in [-0.3, -0.25) is 23.7 Å². The number of ether oxygens (including phenoxy) is 1. The lowest BCUT2D eigenvalue weighted by atomic mass is 10.1. The topological polar surface area (TPSA) is 218 Å². The van der Waals surface area contributed by atoms with Gasteiger partial charge in [-0.05, 0) is 24.6 Å². The van der Waals surface area contributed by atoms with Crippen molar-refractivity contribution in [2.75, 3.05) is 6.61 Å². The number of para-hydroxylation sites is 1. The van der Waals surface area contributed by atoms with Gasteiger partial charge in [-0.1, -0.05) is 23.3 Å². The van der Waals surface area contributed by atoms with Crippen molar-refractivity contribution in [3.05, 3.63) is 73.9 Å². The Hall–Kier alpha value is -3.52. The molecule has 1 aliphatic heterocycles. The molecule has 15 nitrogen and oxygen atoms in total. The molecule has 1 aromatic carbocycles. The van der Waals surface area contributed by atoms with Crippen molar-refractivity contribution in [2.24, 2.45) is 5.11 Å². The molecule has 0 bridgehead atoms. The Balaban J connectivity index is 1.92. The number of benzene rings is 1. The van der Waals surface area contributed by atoms with Crippen molar-refractivity contribution in [3.63, 3.8) is 0 Å². The van der Waals surface area contributed by atoms with Gasteiger partial charge in [-0.15, -0.1) is 0 Å². The Labute approximate surface area is 195 Å². The predicted molar refractivity (Wildman–Crippen MR) is 115 cm³/mol. The van der Waals surface area contributed by atoms with E-state index in [2.05, 4.69) is 15.1 Å². The fraction of sp³-hybridized carbons (Fsp3) is 0.389. The molecule has 17 heteroatoms. The minimum absolute atomic E-state index is 0.000554. The summed E-state index contributed by atoms with van der Waals surface area (Å²) >= 11 is 0. The van der Waals surface area contributed by atoms with Gasteiger partial charge in [0.25, 0.3) is 5.56 Å². The second-order valence-electron chi connectivity index (χ2n) is 7.32. The fourth-order valence-electron chi connectivity index (χ4n) is 3.08. The number of alkyl halides is 1. The molecule has 0 aliphatic carbocycles. The summed E-state index contributed by atoms with van der Waals surface area (Å²) in [6, 6.07) is 6.92. The van der Waals surface area contributed by atoms with Gasteiger partial charge in [-0.2, -0.15) is 5.09 Å². The third-order valence-electron chi connectivity index (χ3n) is 4.82. The molecule has 4 N–H and O–H groups in total. The first-order valence-corrected chi connectivity index (χ1v) is 11.4. The highest BCUT2D eigenvalue weighted by molar-refractivity contribution is 7.52. The molecule has 1 aromatic heterocycles. The van der Waals surface area contributed by atoms with Crippen LogP contribution in [0.5, 0.6) is 5.75 Å². The van der Waals surface area contributed by atoms with Gasteiger partial charge < -0.3 is 19.5 Å². The maximum atomic E-state index is 15.2. The van der Waals surface area contributed by atoms with E-state index in [-0.39, 0.29) is 5.75 Å². The molecular weight excluding hydrogens is 494 g/mol. The van der Waals surface area contributed by atoms with Crippen molar-refractivity contribution in [3.8, 4) is 5.75 Å². The Kier molecular flexibility index (Phi) is 7.75. The van der Waals surface area contributed by atoms with E-state index in [1.165, 1.54) is 24.3 Å². The Morgan fingerprint density at radius 2 is 2.11 bits per heavy atom. The summed E-state index contributed by atoms with van der Waals surface area (Å²) < 4.78 is 45.1. The van der Waals surface area contributed by atoms with Crippen molar-refractivity contribution < 1.29 is 37.7 Å². The fourth-order valence-corrected chi connectivity index (χ4v) is 4.60.